The Morgan fingerprint density at radius 2 is 2.00 bits per heavy atom. The molecule has 8 nitrogen and oxygen atoms in total. The van der Waals surface area contributed by atoms with E-state index in [1.54, 1.807) is 0 Å². The summed E-state index contributed by atoms with van der Waals surface area (Å²) in [5.41, 5.74) is -1.65. The smallest absolute Gasteiger partial charge is 0.330 e. The maximum atomic E-state index is 12.2. The molecule has 0 aliphatic carbocycles. The highest BCUT2D eigenvalue weighted by Gasteiger charge is 2.58. The molecular weight excluding hydrogens is 332 g/mol. The van der Waals surface area contributed by atoms with Crippen LogP contribution in [0.1, 0.15) is 20.8 Å². The Morgan fingerprint density at radius 3 is 2.50 bits per heavy atom. The SMILES string of the molecule is C[Si](C)[C@@]1(n2ccc(=O)[nH]c2=O)O[C@H](COC(C)(C)C)[C@@H](O)[C@H]1O. The van der Waals surface area contributed by atoms with Crippen molar-refractivity contribution < 1.29 is 19.7 Å². The first kappa shape index (κ1) is 19.1. The second-order valence-corrected chi connectivity index (χ2v) is 9.91. The van der Waals surface area contributed by atoms with Crippen LogP contribution in [0.15, 0.2) is 21.9 Å². The van der Waals surface area contributed by atoms with E-state index in [9.17, 15) is 19.8 Å². The van der Waals surface area contributed by atoms with E-state index in [1.807, 2.05) is 33.9 Å². The number of aromatic nitrogens is 2. The topological polar surface area (TPSA) is 114 Å². The molecule has 0 bridgehead atoms. The Bertz CT molecular complexity index is 694. The monoisotopic (exact) mass is 357 g/mol. The summed E-state index contributed by atoms with van der Waals surface area (Å²) in [5, 5.41) is 19.7. The number of aromatic amines is 1. The number of aliphatic hydroxyl groups excluding tert-OH is 2. The lowest BCUT2D eigenvalue weighted by molar-refractivity contribution is -0.121. The first-order chi connectivity index (χ1) is 11.0. The molecule has 3 N–H and O–H groups in total. The highest BCUT2D eigenvalue weighted by Crippen LogP contribution is 2.37. The first-order valence-corrected chi connectivity index (χ1v) is 10.3. The van der Waals surface area contributed by atoms with Crippen molar-refractivity contribution in [1.82, 2.24) is 9.55 Å². The Kier molecular flexibility index (Phi) is 5.21. The molecule has 1 aliphatic rings. The fourth-order valence-electron chi connectivity index (χ4n) is 2.80. The number of H-pyrrole nitrogens is 1. The minimum atomic E-state index is -1.47. The van der Waals surface area contributed by atoms with Crippen LogP contribution in [-0.2, 0) is 14.8 Å². The van der Waals surface area contributed by atoms with Crippen LogP contribution in [0.3, 0.4) is 0 Å². The summed E-state index contributed by atoms with van der Waals surface area (Å²) in [6.45, 7) is 9.44. The van der Waals surface area contributed by atoms with E-state index in [4.69, 9.17) is 9.47 Å². The van der Waals surface area contributed by atoms with E-state index in [-0.39, 0.29) is 6.61 Å². The molecule has 1 fully saturated rings. The lowest BCUT2D eigenvalue weighted by atomic mass is 10.1. The Labute approximate surface area is 141 Å². The van der Waals surface area contributed by atoms with Crippen LogP contribution < -0.4 is 11.2 Å². The van der Waals surface area contributed by atoms with Crippen molar-refractivity contribution in [2.24, 2.45) is 0 Å². The third-order valence-electron chi connectivity index (χ3n) is 4.02. The van der Waals surface area contributed by atoms with Gasteiger partial charge in [-0.25, -0.2) is 4.79 Å². The van der Waals surface area contributed by atoms with E-state index in [0.717, 1.165) is 0 Å². The number of hydrogen-bond acceptors (Lipinski definition) is 6. The van der Waals surface area contributed by atoms with Crippen molar-refractivity contribution in [3.05, 3.63) is 33.1 Å². The zero-order valence-corrected chi connectivity index (χ0v) is 15.6. The van der Waals surface area contributed by atoms with Crippen LogP contribution in [-0.4, -0.2) is 59.1 Å². The van der Waals surface area contributed by atoms with Gasteiger partial charge >= 0.3 is 5.69 Å². The van der Waals surface area contributed by atoms with Crippen LogP contribution in [0, 0.1) is 0 Å². The molecule has 0 saturated carbocycles. The summed E-state index contributed by atoms with van der Waals surface area (Å²) in [6, 6.07) is 1.19. The highest BCUT2D eigenvalue weighted by atomic mass is 28.3. The largest absolute Gasteiger partial charge is 0.387 e. The molecule has 0 spiro atoms. The Balaban J connectivity index is 2.43. The molecule has 1 saturated heterocycles. The summed E-state index contributed by atoms with van der Waals surface area (Å²) in [7, 11) is -1.47. The number of ether oxygens (including phenoxy) is 2. The molecule has 1 aliphatic heterocycles. The van der Waals surface area contributed by atoms with E-state index in [0.29, 0.717) is 0 Å². The molecule has 0 unspecified atom stereocenters. The second kappa shape index (κ2) is 6.56. The van der Waals surface area contributed by atoms with Gasteiger partial charge in [-0.05, 0) is 20.8 Å². The summed E-state index contributed by atoms with van der Waals surface area (Å²) in [6.07, 6.45) is -2.00. The van der Waals surface area contributed by atoms with E-state index in [1.165, 1.54) is 16.8 Å². The fourth-order valence-corrected chi connectivity index (χ4v) is 4.61. The molecule has 1 aromatic heterocycles. The van der Waals surface area contributed by atoms with Crippen molar-refractivity contribution in [2.45, 2.75) is 63.1 Å². The predicted molar refractivity (Wildman–Crippen MR) is 89.4 cm³/mol. The second-order valence-electron chi connectivity index (χ2n) is 7.19. The lowest BCUT2D eigenvalue weighted by Crippen LogP contribution is -2.58. The summed E-state index contributed by atoms with van der Waals surface area (Å²) < 4.78 is 12.8. The number of nitrogens with zero attached hydrogens (tertiary/aromatic N) is 1. The zero-order valence-electron chi connectivity index (χ0n) is 14.6. The van der Waals surface area contributed by atoms with Gasteiger partial charge in [-0.15, -0.1) is 0 Å². The average Bonchev–Trinajstić information content (AvgIpc) is 2.70. The van der Waals surface area contributed by atoms with Gasteiger partial charge in [0.2, 0.25) is 0 Å². The maximum absolute atomic E-state index is 12.2. The molecule has 2 rings (SSSR count). The van der Waals surface area contributed by atoms with E-state index < -0.39 is 49.3 Å². The fraction of sp³-hybridized carbons (Fsp3) is 0.733. The van der Waals surface area contributed by atoms with Gasteiger partial charge in [0.05, 0.1) is 12.2 Å². The quantitative estimate of drug-likeness (QED) is 0.621. The molecule has 0 amide bonds. The van der Waals surface area contributed by atoms with Gasteiger partial charge in [0, 0.05) is 12.3 Å². The van der Waals surface area contributed by atoms with Crippen molar-refractivity contribution in [3.8, 4) is 0 Å². The van der Waals surface area contributed by atoms with E-state index in [2.05, 4.69) is 4.98 Å². The molecular formula is C15H25N2O6Si. The summed E-state index contributed by atoms with van der Waals surface area (Å²) >= 11 is 0. The lowest BCUT2D eigenvalue weighted by Gasteiger charge is -2.36. The summed E-state index contributed by atoms with van der Waals surface area (Å²) in [5.74, 6) is 0. The molecule has 9 heteroatoms. The van der Waals surface area contributed by atoms with Gasteiger partial charge in [0.15, 0.2) is 5.35 Å². The molecule has 1 aromatic rings. The molecule has 0 aromatic carbocycles. The molecule has 135 valence electrons. The van der Waals surface area contributed by atoms with Crippen molar-refractivity contribution in [2.75, 3.05) is 6.61 Å². The first-order valence-electron chi connectivity index (χ1n) is 7.80. The van der Waals surface area contributed by atoms with Gasteiger partial charge in [-0.2, -0.15) is 0 Å². The van der Waals surface area contributed by atoms with Crippen LogP contribution in [0.2, 0.25) is 13.1 Å². The standard InChI is InChI=1S/C15H25N2O6Si/c1-14(2,3)22-8-9-11(19)12(20)15(23-9,24(4)5)17-7-6-10(18)16-13(17)21/h6-7,9,11-12,19-20H,8H2,1-5H3,(H,16,18,21)/t9-,11-,12-,15+/m1/s1. The molecule has 2 heterocycles. The number of aliphatic hydroxyl groups is 2. The van der Waals surface area contributed by atoms with Crippen molar-refractivity contribution in [3.63, 3.8) is 0 Å². The third kappa shape index (κ3) is 3.40. The van der Waals surface area contributed by atoms with Gasteiger partial charge < -0.3 is 19.7 Å². The number of nitrogens with one attached hydrogen (secondary N) is 1. The van der Waals surface area contributed by atoms with Crippen LogP contribution in [0.25, 0.3) is 0 Å². The summed E-state index contributed by atoms with van der Waals surface area (Å²) in [4.78, 5) is 25.7. The molecule has 4 atom stereocenters. The van der Waals surface area contributed by atoms with Crippen LogP contribution in [0.4, 0.5) is 0 Å². The third-order valence-corrected chi connectivity index (χ3v) is 6.10. The van der Waals surface area contributed by atoms with Gasteiger partial charge in [-0.1, -0.05) is 13.1 Å². The van der Waals surface area contributed by atoms with Gasteiger partial charge in [-0.3, -0.25) is 14.3 Å². The average molecular weight is 357 g/mol. The number of hydrogen-bond donors (Lipinski definition) is 3. The van der Waals surface area contributed by atoms with Gasteiger partial charge in [0.1, 0.15) is 27.1 Å². The molecule has 24 heavy (non-hydrogen) atoms. The minimum Gasteiger partial charge on any atom is -0.387 e. The predicted octanol–water partition coefficient (Wildman–Crippen LogP) is -0.581. The van der Waals surface area contributed by atoms with E-state index >= 15 is 0 Å². The van der Waals surface area contributed by atoms with Gasteiger partial charge in [0.25, 0.3) is 5.56 Å². The van der Waals surface area contributed by atoms with Crippen LogP contribution in [0.5, 0.6) is 0 Å². The Morgan fingerprint density at radius 1 is 1.38 bits per heavy atom. The minimum absolute atomic E-state index is 0.0801. The zero-order chi connectivity index (χ0) is 18.3. The van der Waals surface area contributed by atoms with Crippen molar-refractivity contribution in [1.29, 1.82) is 0 Å². The highest BCUT2D eigenvalue weighted by molar-refractivity contribution is 6.58. The number of rotatable bonds is 4. The van der Waals surface area contributed by atoms with Crippen LogP contribution >= 0.6 is 0 Å². The Hall–Kier alpha value is -1.26. The maximum Gasteiger partial charge on any atom is 0.330 e. The normalized spacial score (nSPS) is 30.9. The van der Waals surface area contributed by atoms with Crippen molar-refractivity contribution >= 4 is 8.80 Å². The molecule has 1 radical (unpaired) electrons.